The minimum absolute atomic E-state index is 0.00413. The fraction of sp³-hybridized carbons (Fsp3) is 0.524. The maximum absolute atomic E-state index is 13.7. The molecule has 0 aromatic carbocycles. The average molecular weight is 489 g/mol. The van der Waals surface area contributed by atoms with Crippen LogP contribution in [0.1, 0.15) is 51.4 Å². The van der Waals surface area contributed by atoms with Crippen molar-refractivity contribution in [3.63, 3.8) is 0 Å². The Kier molecular flexibility index (Phi) is 7.94. The number of aliphatic carboxylic acids is 1. The van der Waals surface area contributed by atoms with Crippen LogP contribution in [0.3, 0.4) is 0 Å². The van der Waals surface area contributed by atoms with E-state index in [9.17, 15) is 19.2 Å². The van der Waals surface area contributed by atoms with Crippen molar-refractivity contribution < 1.29 is 29.0 Å². The average Bonchev–Trinajstić information content (AvgIpc) is 3.42. The van der Waals surface area contributed by atoms with Crippen molar-refractivity contribution in [3.05, 3.63) is 29.7 Å². The van der Waals surface area contributed by atoms with Crippen LogP contribution in [0.15, 0.2) is 18.3 Å². The van der Waals surface area contributed by atoms with E-state index in [4.69, 9.17) is 9.84 Å². The van der Waals surface area contributed by atoms with E-state index < -0.39 is 41.6 Å². The molecule has 2 aromatic rings. The number of fused-ring (bicyclic) bond motifs is 1. The largest absolute Gasteiger partial charge is 0.481 e. The van der Waals surface area contributed by atoms with Crippen LogP contribution in [-0.2, 0) is 32.1 Å². The Labute approximate surface area is 200 Å². The van der Waals surface area contributed by atoms with Gasteiger partial charge < -0.3 is 20.5 Å². The highest BCUT2D eigenvalue weighted by molar-refractivity contribution is 6.05. The summed E-state index contributed by atoms with van der Waals surface area (Å²) in [5.74, 6) is -1.53. The smallest absolute Gasteiger partial charge is 0.408 e. The lowest BCUT2D eigenvalue weighted by molar-refractivity contribution is -0.137. The van der Waals surface area contributed by atoms with Gasteiger partial charge in [0.25, 0.3) is 5.91 Å². The number of H-pyrrole nitrogens is 1. The Bertz CT molecular complexity index is 1070. The van der Waals surface area contributed by atoms with Crippen molar-refractivity contribution in [1.29, 1.82) is 0 Å². The number of carboxylic acid groups (broad SMARTS) is 1. The highest BCUT2D eigenvalue weighted by Gasteiger charge is 2.42. The molecule has 14 nitrogen and oxygen atoms in total. The zero-order valence-electron chi connectivity index (χ0n) is 19.6. The Morgan fingerprint density at radius 3 is 2.74 bits per heavy atom. The lowest BCUT2D eigenvalue weighted by Crippen LogP contribution is -2.55. The third-order valence-corrected chi connectivity index (χ3v) is 5.04. The topological polar surface area (TPSA) is 192 Å². The van der Waals surface area contributed by atoms with Gasteiger partial charge in [0.15, 0.2) is 5.82 Å². The summed E-state index contributed by atoms with van der Waals surface area (Å²) in [4.78, 5) is 55.7. The van der Waals surface area contributed by atoms with E-state index in [-0.39, 0.29) is 38.1 Å². The molecule has 0 saturated carbocycles. The maximum atomic E-state index is 13.7. The molecule has 188 valence electrons. The Morgan fingerprint density at radius 1 is 1.31 bits per heavy atom. The summed E-state index contributed by atoms with van der Waals surface area (Å²) in [5.41, 5.74) is -0.125. The second-order valence-corrected chi connectivity index (χ2v) is 8.94. The van der Waals surface area contributed by atoms with Gasteiger partial charge in [-0.25, -0.2) is 9.78 Å². The van der Waals surface area contributed by atoms with Crippen molar-refractivity contribution in [2.24, 2.45) is 0 Å². The first-order valence-electron chi connectivity index (χ1n) is 11.0. The summed E-state index contributed by atoms with van der Waals surface area (Å²) >= 11 is 0. The molecule has 3 rings (SSSR count). The van der Waals surface area contributed by atoms with Crippen molar-refractivity contribution in [2.75, 3.05) is 4.90 Å². The number of nitrogens with one attached hydrogen (secondary N) is 3. The van der Waals surface area contributed by atoms with Gasteiger partial charge in [0, 0.05) is 19.0 Å². The molecule has 4 N–H and O–H groups in total. The van der Waals surface area contributed by atoms with E-state index in [1.54, 1.807) is 32.9 Å². The van der Waals surface area contributed by atoms with Crippen LogP contribution in [0.4, 0.5) is 10.6 Å². The maximum Gasteiger partial charge on any atom is 0.408 e. The molecule has 0 aliphatic carbocycles. The third kappa shape index (κ3) is 6.94. The van der Waals surface area contributed by atoms with E-state index in [1.807, 2.05) is 0 Å². The lowest BCUT2D eigenvalue weighted by Gasteiger charge is -2.29. The van der Waals surface area contributed by atoms with Gasteiger partial charge in [0.2, 0.25) is 5.91 Å². The SMILES string of the molecule is CC(C)(C)OC(=O)NC(CCCC(=O)O)C(=O)N1c2ncccc2CC1C(=O)NCc1nn[nH]n1. The fourth-order valence-electron chi connectivity index (χ4n) is 3.60. The minimum Gasteiger partial charge on any atom is -0.481 e. The second kappa shape index (κ2) is 10.9. The zero-order valence-corrected chi connectivity index (χ0v) is 19.6. The molecule has 0 saturated heterocycles. The van der Waals surface area contributed by atoms with Gasteiger partial charge in [-0.05, 0) is 45.2 Å². The Balaban J connectivity index is 1.83. The van der Waals surface area contributed by atoms with Crippen LogP contribution >= 0.6 is 0 Å². The zero-order chi connectivity index (χ0) is 25.6. The fourth-order valence-corrected chi connectivity index (χ4v) is 3.60. The molecule has 1 aliphatic heterocycles. The molecule has 0 radical (unpaired) electrons. The number of ether oxygens (including phenoxy) is 1. The number of anilines is 1. The van der Waals surface area contributed by atoms with Crippen LogP contribution in [0, 0.1) is 0 Å². The Hall–Kier alpha value is -4.10. The van der Waals surface area contributed by atoms with Gasteiger partial charge in [-0.2, -0.15) is 5.21 Å². The van der Waals surface area contributed by atoms with Gasteiger partial charge in [0.1, 0.15) is 23.5 Å². The number of rotatable bonds is 9. The number of tetrazole rings is 1. The monoisotopic (exact) mass is 488 g/mol. The van der Waals surface area contributed by atoms with Crippen LogP contribution in [0.5, 0.6) is 0 Å². The molecular weight excluding hydrogens is 460 g/mol. The number of hydrogen-bond donors (Lipinski definition) is 4. The van der Waals surface area contributed by atoms with Crippen molar-refractivity contribution in [2.45, 2.75) is 70.7 Å². The second-order valence-electron chi connectivity index (χ2n) is 8.94. The highest BCUT2D eigenvalue weighted by atomic mass is 16.6. The molecule has 0 spiro atoms. The molecular formula is C21H28N8O6. The number of aromatic amines is 1. The van der Waals surface area contributed by atoms with Crippen LogP contribution < -0.4 is 15.5 Å². The molecule has 0 bridgehead atoms. The summed E-state index contributed by atoms with van der Waals surface area (Å²) in [6.07, 6.45) is 0.841. The number of aromatic nitrogens is 5. The van der Waals surface area contributed by atoms with Gasteiger partial charge in [0.05, 0.1) is 6.54 Å². The standard InChI is InChI=1S/C21H28N8O6/c1-21(2,3)35-20(34)24-13(7-4-8-16(30)31)19(33)29-14(10-12-6-5-9-22-17(12)29)18(32)23-11-15-25-27-28-26-15/h5-6,9,13-14H,4,7-8,10-11H2,1-3H3,(H,23,32)(H,24,34)(H,30,31)(H,25,26,27,28). The van der Waals surface area contributed by atoms with Crippen LogP contribution in [0.2, 0.25) is 0 Å². The van der Waals surface area contributed by atoms with Gasteiger partial charge in [-0.1, -0.05) is 11.3 Å². The van der Waals surface area contributed by atoms with Crippen molar-refractivity contribution >= 4 is 29.7 Å². The highest BCUT2D eigenvalue weighted by Crippen LogP contribution is 2.31. The van der Waals surface area contributed by atoms with Gasteiger partial charge in [-0.3, -0.25) is 19.3 Å². The first-order chi connectivity index (χ1) is 16.5. The predicted octanol–water partition coefficient (Wildman–Crippen LogP) is 0.317. The number of carbonyl (C=O) groups is 4. The Morgan fingerprint density at radius 2 is 2.09 bits per heavy atom. The summed E-state index contributed by atoms with van der Waals surface area (Å²) in [6, 6.07) is 1.38. The number of amides is 3. The van der Waals surface area contributed by atoms with E-state index in [2.05, 4.69) is 36.2 Å². The quantitative estimate of drug-likeness (QED) is 0.382. The van der Waals surface area contributed by atoms with E-state index in [1.165, 1.54) is 11.1 Å². The first-order valence-corrected chi connectivity index (χ1v) is 11.0. The normalized spacial score (nSPS) is 15.7. The minimum atomic E-state index is -1.13. The number of hydrogen-bond acceptors (Lipinski definition) is 9. The van der Waals surface area contributed by atoms with Gasteiger partial charge in [-0.15, -0.1) is 10.2 Å². The molecule has 0 fully saturated rings. The molecule has 3 heterocycles. The van der Waals surface area contributed by atoms with E-state index in [0.717, 1.165) is 0 Å². The summed E-state index contributed by atoms with van der Waals surface area (Å²) in [7, 11) is 0. The lowest BCUT2D eigenvalue weighted by atomic mass is 10.1. The van der Waals surface area contributed by atoms with Gasteiger partial charge >= 0.3 is 12.1 Å². The first kappa shape index (κ1) is 25.5. The van der Waals surface area contributed by atoms with Crippen LogP contribution in [-0.4, -0.2) is 72.3 Å². The molecule has 2 atom stereocenters. The number of pyridine rings is 1. The number of alkyl carbamates (subject to hydrolysis) is 1. The molecule has 35 heavy (non-hydrogen) atoms. The summed E-state index contributed by atoms with van der Waals surface area (Å²) < 4.78 is 5.28. The third-order valence-electron chi connectivity index (χ3n) is 5.04. The molecule has 14 heteroatoms. The molecule has 1 aliphatic rings. The molecule has 2 aromatic heterocycles. The van der Waals surface area contributed by atoms with Crippen LogP contribution in [0.25, 0.3) is 0 Å². The molecule has 3 amide bonds. The molecule has 2 unspecified atom stereocenters. The summed E-state index contributed by atoms with van der Waals surface area (Å²) in [6.45, 7) is 5.03. The van der Waals surface area contributed by atoms with Crippen molar-refractivity contribution in [3.8, 4) is 0 Å². The van der Waals surface area contributed by atoms with E-state index >= 15 is 0 Å². The number of carboxylic acids is 1. The number of nitrogens with zero attached hydrogens (tertiary/aromatic N) is 5. The predicted molar refractivity (Wildman–Crippen MR) is 120 cm³/mol. The number of carbonyl (C=O) groups excluding carboxylic acids is 3. The summed E-state index contributed by atoms with van der Waals surface area (Å²) in [5, 5.41) is 27.5. The van der Waals surface area contributed by atoms with Crippen molar-refractivity contribution in [1.82, 2.24) is 36.2 Å². The van der Waals surface area contributed by atoms with E-state index in [0.29, 0.717) is 11.4 Å².